The van der Waals surface area contributed by atoms with Crippen molar-refractivity contribution in [3.05, 3.63) is 47.0 Å². The average molecular weight is 417 g/mol. The number of halogens is 2. The van der Waals surface area contributed by atoms with Crippen molar-refractivity contribution in [2.75, 3.05) is 13.2 Å². The molecule has 0 aromatic heterocycles. The molecule has 0 N–H and O–H groups in total. The van der Waals surface area contributed by atoms with Crippen LogP contribution in [-0.2, 0) is 12.8 Å². The zero-order valence-electron chi connectivity index (χ0n) is 18.4. The first-order chi connectivity index (χ1) is 14.7. The summed E-state index contributed by atoms with van der Waals surface area (Å²) >= 11 is 0. The molecule has 1 aliphatic carbocycles. The number of rotatable bonds is 12. The van der Waals surface area contributed by atoms with Gasteiger partial charge in [0.2, 0.25) is 0 Å². The van der Waals surface area contributed by atoms with E-state index in [2.05, 4.69) is 6.92 Å². The molecule has 0 atom stereocenters. The second-order valence-corrected chi connectivity index (χ2v) is 8.13. The lowest BCUT2D eigenvalue weighted by Crippen LogP contribution is -2.11. The van der Waals surface area contributed by atoms with E-state index >= 15 is 4.39 Å². The molecule has 0 radical (unpaired) electrons. The van der Waals surface area contributed by atoms with Crippen molar-refractivity contribution in [3.63, 3.8) is 0 Å². The number of hydrogen-bond donors (Lipinski definition) is 0. The van der Waals surface area contributed by atoms with Gasteiger partial charge < -0.3 is 9.47 Å². The maximum absolute atomic E-state index is 15.1. The summed E-state index contributed by atoms with van der Waals surface area (Å²) in [6, 6.07) is 7.05. The molecule has 0 unspecified atom stereocenters. The first-order valence-electron chi connectivity index (χ1n) is 11.6. The predicted octanol–water partition coefficient (Wildman–Crippen LogP) is 7.65. The van der Waals surface area contributed by atoms with Gasteiger partial charge in [0.05, 0.1) is 13.2 Å². The monoisotopic (exact) mass is 416 g/mol. The van der Waals surface area contributed by atoms with Crippen molar-refractivity contribution in [3.8, 4) is 22.6 Å². The van der Waals surface area contributed by atoms with Gasteiger partial charge in [-0.15, -0.1) is 0 Å². The zero-order valence-corrected chi connectivity index (χ0v) is 18.4. The van der Waals surface area contributed by atoms with Gasteiger partial charge in [-0.3, -0.25) is 0 Å². The highest BCUT2D eigenvalue weighted by Gasteiger charge is 2.25. The summed E-state index contributed by atoms with van der Waals surface area (Å²) in [6.45, 7) is 5.23. The smallest absolute Gasteiger partial charge is 0.168 e. The molecule has 0 spiro atoms. The predicted molar refractivity (Wildman–Crippen MR) is 118 cm³/mol. The Bertz CT molecular complexity index is 832. The molecule has 30 heavy (non-hydrogen) atoms. The average Bonchev–Trinajstić information content (AvgIpc) is 2.76. The molecule has 0 saturated carbocycles. The summed E-state index contributed by atoms with van der Waals surface area (Å²) in [5.74, 6) is -0.0141. The molecule has 164 valence electrons. The van der Waals surface area contributed by atoms with Crippen molar-refractivity contribution in [2.24, 2.45) is 0 Å². The maximum atomic E-state index is 15.1. The van der Waals surface area contributed by atoms with E-state index in [1.165, 1.54) is 32.1 Å². The highest BCUT2D eigenvalue weighted by molar-refractivity contribution is 5.75. The van der Waals surface area contributed by atoms with Gasteiger partial charge in [0.15, 0.2) is 23.1 Å². The molecule has 0 aliphatic heterocycles. The number of ether oxygens (including phenoxy) is 2. The van der Waals surface area contributed by atoms with Crippen LogP contribution in [0.2, 0.25) is 0 Å². The second kappa shape index (κ2) is 11.3. The van der Waals surface area contributed by atoms with Crippen LogP contribution in [0.5, 0.6) is 11.5 Å². The summed E-state index contributed by atoms with van der Waals surface area (Å²) in [5, 5.41) is 0. The third kappa shape index (κ3) is 5.33. The fraction of sp³-hybridized carbons (Fsp3) is 0.538. The fourth-order valence-electron chi connectivity index (χ4n) is 4.12. The van der Waals surface area contributed by atoms with Crippen molar-refractivity contribution < 1.29 is 18.3 Å². The van der Waals surface area contributed by atoms with Crippen molar-refractivity contribution in [1.82, 2.24) is 0 Å². The third-order valence-corrected chi connectivity index (χ3v) is 5.80. The highest BCUT2D eigenvalue weighted by Crippen LogP contribution is 2.40. The minimum atomic E-state index is -0.314. The van der Waals surface area contributed by atoms with E-state index in [0.717, 1.165) is 30.4 Å². The van der Waals surface area contributed by atoms with Gasteiger partial charge >= 0.3 is 0 Å². The molecule has 3 rings (SSSR count). The number of hydrogen-bond acceptors (Lipinski definition) is 2. The molecule has 2 aromatic rings. The molecule has 1 aliphatic rings. The zero-order chi connectivity index (χ0) is 21.3. The summed E-state index contributed by atoms with van der Waals surface area (Å²) in [7, 11) is 0. The molecule has 2 nitrogen and oxygen atoms in total. The Morgan fingerprint density at radius 3 is 1.67 bits per heavy atom. The lowest BCUT2D eigenvalue weighted by Gasteiger charge is -2.23. The molecule has 0 saturated heterocycles. The summed E-state index contributed by atoms with van der Waals surface area (Å²) in [5.41, 5.74) is 2.77. The van der Waals surface area contributed by atoms with Crippen LogP contribution in [0.15, 0.2) is 24.3 Å². The molecular weight excluding hydrogens is 382 g/mol. The first kappa shape index (κ1) is 22.6. The lowest BCUT2D eigenvalue weighted by atomic mass is 9.84. The largest absolute Gasteiger partial charge is 0.491 e. The number of fused-ring (bicyclic) bond motifs is 3. The molecule has 4 heteroatoms. The molecular formula is C26H34F2O2. The van der Waals surface area contributed by atoms with Gasteiger partial charge in [-0.2, -0.15) is 0 Å². The second-order valence-electron chi connectivity index (χ2n) is 8.13. The molecule has 0 heterocycles. The van der Waals surface area contributed by atoms with Gasteiger partial charge in [-0.25, -0.2) is 8.78 Å². The standard InChI is InChI=1S/C26H34F2O2/c1-3-5-6-7-8-9-10-18-30-24-16-14-20-19-13-15-23(29-17-4-2)25(27)21(19)11-12-22(20)26(24)28/h13-16H,3-12,17-18H2,1-2H3. The minimum Gasteiger partial charge on any atom is -0.491 e. The molecule has 0 fully saturated rings. The number of unbranched alkanes of at least 4 members (excludes halogenated alkanes) is 6. The van der Waals surface area contributed by atoms with E-state index in [0.29, 0.717) is 42.9 Å². The Balaban J connectivity index is 1.63. The van der Waals surface area contributed by atoms with Crippen molar-refractivity contribution >= 4 is 0 Å². The summed E-state index contributed by atoms with van der Waals surface area (Å²) < 4.78 is 41.2. The molecule has 2 aromatic carbocycles. The van der Waals surface area contributed by atoms with Crippen LogP contribution >= 0.6 is 0 Å². The Kier molecular flexibility index (Phi) is 8.53. The fourth-order valence-corrected chi connectivity index (χ4v) is 4.12. The van der Waals surface area contributed by atoms with Crippen LogP contribution in [0.1, 0.15) is 76.3 Å². The molecule has 0 bridgehead atoms. The van der Waals surface area contributed by atoms with Crippen LogP contribution in [0.4, 0.5) is 8.78 Å². The SMILES string of the molecule is CCCCCCCCCOc1ccc2c(c1F)CCc1c-2ccc(OCCC)c1F. The summed E-state index contributed by atoms with van der Waals surface area (Å²) in [6.07, 6.45) is 10.2. The van der Waals surface area contributed by atoms with Crippen LogP contribution in [0.3, 0.4) is 0 Å². The number of benzene rings is 2. The Morgan fingerprint density at radius 1 is 0.633 bits per heavy atom. The van der Waals surface area contributed by atoms with E-state index in [-0.39, 0.29) is 17.4 Å². The summed E-state index contributed by atoms with van der Waals surface area (Å²) in [4.78, 5) is 0. The van der Waals surface area contributed by atoms with E-state index < -0.39 is 0 Å². The van der Waals surface area contributed by atoms with Gasteiger partial charge in [-0.1, -0.05) is 64.5 Å². The van der Waals surface area contributed by atoms with Gasteiger partial charge in [0.25, 0.3) is 0 Å². The van der Waals surface area contributed by atoms with Gasteiger partial charge in [0, 0.05) is 0 Å². The van der Waals surface area contributed by atoms with Crippen LogP contribution in [0.25, 0.3) is 11.1 Å². The van der Waals surface area contributed by atoms with E-state index in [1.54, 1.807) is 12.1 Å². The van der Waals surface area contributed by atoms with Gasteiger partial charge in [0.1, 0.15) is 0 Å². The normalized spacial score (nSPS) is 12.4. The van der Waals surface area contributed by atoms with E-state index in [9.17, 15) is 4.39 Å². The lowest BCUT2D eigenvalue weighted by molar-refractivity contribution is 0.289. The van der Waals surface area contributed by atoms with Crippen LogP contribution in [0, 0.1) is 11.6 Å². The third-order valence-electron chi connectivity index (χ3n) is 5.80. The Labute approximate surface area is 179 Å². The van der Waals surface area contributed by atoms with Crippen molar-refractivity contribution in [2.45, 2.75) is 78.1 Å². The Morgan fingerprint density at radius 2 is 1.13 bits per heavy atom. The van der Waals surface area contributed by atoms with Gasteiger partial charge in [-0.05, 0) is 60.1 Å². The van der Waals surface area contributed by atoms with E-state index in [1.807, 2.05) is 19.1 Å². The quantitative estimate of drug-likeness (QED) is 0.331. The van der Waals surface area contributed by atoms with E-state index in [4.69, 9.17) is 9.47 Å². The Hall–Kier alpha value is -2.10. The maximum Gasteiger partial charge on any atom is 0.168 e. The van der Waals surface area contributed by atoms with Crippen molar-refractivity contribution in [1.29, 1.82) is 0 Å². The van der Waals surface area contributed by atoms with Crippen LogP contribution < -0.4 is 9.47 Å². The first-order valence-corrected chi connectivity index (χ1v) is 11.6. The highest BCUT2D eigenvalue weighted by atomic mass is 19.1. The minimum absolute atomic E-state index is 0.286. The molecule has 0 amide bonds. The van der Waals surface area contributed by atoms with Crippen LogP contribution in [-0.4, -0.2) is 13.2 Å². The topological polar surface area (TPSA) is 18.5 Å².